The predicted octanol–water partition coefficient (Wildman–Crippen LogP) is 1.50. The molecule has 0 unspecified atom stereocenters. The summed E-state index contributed by atoms with van der Waals surface area (Å²) in [5, 5.41) is 0. The Kier molecular flexibility index (Phi) is 2.19. The average Bonchev–Trinajstić information content (AvgIpc) is 2.15. The first kappa shape index (κ1) is 9.71. The van der Waals surface area contributed by atoms with E-state index in [-0.39, 0.29) is 12.2 Å². The minimum Gasteiger partial charge on any atom is -0.497 e. The van der Waals surface area contributed by atoms with Crippen LogP contribution in [-0.4, -0.2) is 18.9 Å². The minimum atomic E-state index is -0.514. The van der Waals surface area contributed by atoms with E-state index >= 15 is 0 Å². The maximum atomic E-state index is 11.6. The zero-order chi connectivity index (χ0) is 11.0. The number of aryl methyl sites for hydroxylation is 1. The van der Waals surface area contributed by atoms with Crippen LogP contribution in [0.3, 0.4) is 0 Å². The molecule has 1 aliphatic rings. The number of hydrogen-bond acceptors (Lipinski definition) is 4. The molecule has 0 N–H and O–H groups in total. The number of benzene rings is 1. The van der Waals surface area contributed by atoms with E-state index < -0.39 is 5.97 Å². The van der Waals surface area contributed by atoms with Crippen molar-refractivity contribution in [2.45, 2.75) is 13.3 Å². The summed E-state index contributed by atoms with van der Waals surface area (Å²) in [6.07, 6.45) is -0.180. The molecule has 0 radical (unpaired) electrons. The number of esters is 1. The van der Waals surface area contributed by atoms with Crippen LogP contribution < -0.4 is 9.47 Å². The Morgan fingerprint density at radius 1 is 1.33 bits per heavy atom. The number of carbonyl (C=O) groups is 2. The summed E-state index contributed by atoms with van der Waals surface area (Å²) >= 11 is 0. The van der Waals surface area contributed by atoms with Crippen LogP contribution in [0.5, 0.6) is 11.5 Å². The molecule has 4 heteroatoms. The number of Topliss-reactive ketones (excluding diaryl/α,β-unsaturated/α-hetero) is 1. The van der Waals surface area contributed by atoms with E-state index in [4.69, 9.17) is 9.47 Å². The highest BCUT2D eigenvalue weighted by Gasteiger charge is 2.27. The Balaban J connectivity index is 2.59. The highest BCUT2D eigenvalue weighted by atomic mass is 16.5. The van der Waals surface area contributed by atoms with E-state index in [9.17, 15) is 9.59 Å². The lowest BCUT2D eigenvalue weighted by molar-refractivity contribution is -0.133. The van der Waals surface area contributed by atoms with Crippen LogP contribution in [0.4, 0.5) is 0 Å². The summed E-state index contributed by atoms with van der Waals surface area (Å²) in [6.45, 7) is 1.79. The van der Waals surface area contributed by atoms with Gasteiger partial charge in [-0.25, -0.2) is 0 Å². The maximum Gasteiger partial charge on any atom is 0.319 e. The lowest BCUT2D eigenvalue weighted by Gasteiger charge is -2.17. The maximum absolute atomic E-state index is 11.6. The van der Waals surface area contributed by atoms with Gasteiger partial charge in [0.15, 0.2) is 5.78 Å². The van der Waals surface area contributed by atoms with Crippen LogP contribution in [0, 0.1) is 6.92 Å². The van der Waals surface area contributed by atoms with E-state index in [2.05, 4.69) is 0 Å². The van der Waals surface area contributed by atoms with E-state index in [1.807, 2.05) is 0 Å². The van der Waals surface area contributed by atoms with Crippen LogP contribution in [0.25, 0.3) is 0 Å². The Morgan fingerprint density at radius 2 is 2.07 bits per heavy atom. The molecule has 1 aliphatic heterocycles. The second-order valence-corrected chi connectivity index (χ2v) is 3.39. The van der Waals surface area contributed by atoms with Crippen molar-refractivity contribution in [2.75, 3.05) is 7.11 Å². The molecule has 0 aromatic heterocycles. The molecule has 0 spiro atoms. The lowest BCUT2D eigenvalue weighted by atomic mass is 9.99. The van der Waals surface area contributed by atoms with Gasteiger partial charge in [-0.2, -0.15) is 0 Å². The fourth-order valence-corrected chi connectivity index (χ4v) is 1.66. The molecule has 0 aliphatic carbocycles. The fraction of sp³-hybridized carbons (Fsp3) is 0.273. The van der Waals surface area contributed by atoms with E-state index in [1.165, 1.54) is 7.11 Å². The summed E-state index contributed by atoms with van der Waals surface area (Å²) in [7, 11) is 1.52. The number of carbonyl (C=O) groups excluding carboxylic acids is 2. The first-order valence-electron chi connectivity index (χ1n) is 4.54. The third kappa shape index (κ3) is 1.58. The van der Waals surface area contributed by atoms with Gasteiger partial charge in [-0.1, -0.05) is 0 Å². The molecule has 4 nitrogen and oxygen atoms in total. The molecule has 78 valence electrons. The summed E-state index contributed by atoms with van der Waals surface area (Å²) in [5.41, 5.74) is 1.25. The van der Waals surface area contributed by atoms with Gasteiger partial charge in [0.1, 0.15) is 17.9 Å². The van der Waals surface area contributed by atoms with Gasteiger partial charge in [0.05, 0.1) is 12.7 Å². The Bertz CT molecular complexity index is 448. The highest BCUT2D eigenvalue weighted by molar-refractivity contribution is 6.11. The van der Waals surface area contributed by atoms with E-state index in [0.29, 0.717) is 17.1 Å². The molecule has 0 amide bonds. The number of hydrogen-bond donors (Lipinski definition) is 0. The summed E-state index contributed by atoms with van der Waals surface area (Å²) in [6, 6.07) is 3.30. The zero-order valence-electron chi connectivity index (χ0n) is 8.49. The zero-order valence-corrected chi connectivity index (χ0v) is 8.49. The molecule has 1 heterocycles. The highest BCUT2D eigenvalue weighted by Crippen LogP contribution is 2.32. The van der Waals surface area contributed by atoms with E-state index in [0.717, 1.165) is 5.56 Å². The van der Waals surface area contributed by atoms with Crippen LogP contribution in [0.2, 0.25) is 0 Å². The quantitative estimate of drug-likeness (QED) is 0.397. The SMILES string of the molecule is COc1cc(C)c2c(c1)OC(=O)CC2=O. The molecule has 15 heavy (non-hydrogen) atoms. The second-order valence-electron chi connectivity index (χ2n) is 3.39. The Morgan fingerprint density at radius 3 is 2.73 bits per heavy atom. The van der Waals surface area contributed by atoms with Crippen molar-refractivity contribution >= 4 is 11.8 Å². The van der Waals surface area contributed by atoms with Crippen molar-refractivity contribution < 1.29 is 19.1 Å². The van der Waals surface area contributed by atoms with Crippen molar-refractivity contribution in [1.82, 2.24) is 0 Å². The van der Waals surface area contributed by atoms with Crippen molar-refractivity contribution in [1.29, 1.82) is 0 Å². The normalized spacial score (nSPS) is 14.5. The van der Waals surface area contributed by atoms with Gasteiger partial charge in [0.2, 0.25) is 0 Å². The largest absolute Gasteiger partial charge is 0.497 e. The van der Waals surface area contributed by atoms with E-state index in [1.54, 1.807) is 19.1 Å². The standard InChI is InChI=1S/C11H10O4/c1-6-3-7(14-2)4-9-11(6)8(12)5-10(13)15-9/h3-4H,5H2,1-2H3. The smallest absolute Gasteiger partial charge is 0.319 e. The molecule has 0 bridgehead atoms. The number of ether oxygens (including phenoxy) is 2. The van der Waals surface area contributed by atoms with Crippen LogP contribution in [-0.2, 0) is 4.79 Å². The predicted molar refractivity (Wildman–Crippen MR) is 52.3 cm³/mol. The molecule has 1 aromatic carbocycles. The number of ketones is 1. The summed E-state index contributed by atoms with van der Waals surface area (Å²) < 4.78 is 10.0. The number of rotatable bonds is 1. The molecular formula is C11H10O4. The van der Waals surface area contributed by atoms with Crippen LogP contribution >= 0.6 is 0 Å². The number of fused-ring (bicyclic) bond motifs is 1. The molecule has 0 atom stereocenters. The Hall–Kier alpha value is -1.84. The van der Waals surface area contributed by atoms with Crippen molar-refractivity contribution in [3.8, 4) is 11.5 Å². The van der Waals surface area contributed by atoms with Gasteiger partial charge in [0, 0.05) is 6.07 Å². The van der Waals surface area contributed by atoms with Crippen molar-refractivity contribution in [3.63, 3.8) is 0 Å². The Labute approximate surface area is 86.8 Å². The molecule has 1 aromatic rings. The molecular weight excluding hydrogens is 196 g/mol. The van der Waals surface area contributed by atoms with Crippen molar-refractivity contribution in [3.05, 3.63) is 23.3 Å². The van der Waals surface area contributed by atoms with Crippen LogP contribution in [0.1, 0.15) is 22.3 Å². The minimum absolute atomic E-state index is 0.180. The van der Waals surface area contributed by atoms with Gasteiger partial charge in [-0.15, -0.1) is 0 Å². The summed E-state index contributed by atoms with van der Waals surface area (Å²) in [5.74, 6) is 0.170. The average molecular weight is 206 g/mol. The molecule has 0 saturated carbocycles. The topological polar surface area (TPSA) is 52.6 Å². The first-order chi connectivity index (χ1) is 7.11. The van der Waals surface area contributed by atoms with Crippen molar-refractivity contribution in [2.24, 2.45) is 0 Å². The molecule has 0 saturated heterocycles. The molecule has 2 rings (SSSR count). The van der Waals surface area contributed by atoms with Gasteiger partial charge in [-0.05, 0) is 18.6 Å². The van der Waals surface area contributed by atoms with Crippen LogP contribution in [0.15, 0.2) is 12.1 Å². The fourth-order valence-electron chi connectivity index (χ4n) is 1.66. The van der Waals surface area contributed by atoms with Gasteiger partial charge in [-0.3, -0.25) is 9.59 Å². The first-order valence-corrected chi connectivity index (χ1v) is 4.54. The third-order valence-corrected chi connectivity index (χ3v) is 2.32. The molecule has 0 fully saturated rings. The second kappa shape index (κ2) is 3.38. The monoisotopic (exact) mass is 206 g/mol. The lowest BCUT2D eigenvalue weighted by Crippen LogP contribution is -2.22. The number of methoxy groups -OCH3 is 1. The summed E-state index contributed by atoms with van der Waals surface area (Å²) in [4.78, 5) is 22.6. The third-order valence-electron chi connectivity index (χ3n) is 2.32. The van der Waals surface area contributed by atoms with Gasteiger partial charge < -0.3 is 9.47 Å². The van der Waals surface area contributed by atoms with Gasteiger partial charge >= 0.3 is 5.97 Å². The van der Waals surface area contributed by atoms with Gasteiger partial charge in [0.25, 0.3) is 0 Å².